The number of rotatable bonds is 5. The van der Waals surface area contributed by atoms with E-state index in [-0.39, 0.29) is 11.2 Å². The second-order valence-electron chi connectivity index (χ2n) is 4.03. The molecule has 1 rings (SSSR count). The van der Waals surface area contributed by atoms with Crippen LogP contribution >= 0.6 is 39.1 Å². The zero-order valence-corrected chi connectivity index (χ0v) is 12.2. The third-order valence-corrected chi connectivity index (χ3v) is 4.52. The average molecular weight is 328 g/mol. The summed E-state index contributed by atoms with van der Waals surface area (Å²) < 4.78 is 14.4. The predicted octanol–water partition coefficient (Wildman–Crippen LogP) is 5.00. The van der Waals surface area contributed by atoms with Crippen LogP contribution in [0.3, 0.4) is 0 Å². The Balaban J connectivity index is 2.93. The minimum Gasteiger partial charge on any atom is -0.207 e. The van der Waals surface area contributed by atoms with E-state index in [1.165, 1.54) is 6.07 Å². The Morgan fingerprint density at radius 1 is 1.31 bits per heavy atom. The van der Waals surface area contributed by atoms with Crippen molar-refractivity contribution >= 4 is 39.1 Å². The summed E-state index contributed by atoms with van der Waals surface area (Å²) >= 11 is 15.1. The molecule has 1 aromatic rings. The summed E-state index contributed by atoms with van der Waals surface area (Å²) in [6, 6.07) is 5.09. The normalized spacial score (nSPS) is 11.8. The van der Waals surface area contributed by atoms with Crippen LogP contribution in [-0.4, -0.2) is 11.8 Å². The lowest BCUT2D eigenvalue weighted by molar-refractivity contribution is 0.356. The molecule has 0 N–H and O–H groups in total. The molecule has 0 fully saturated rings. The quantitative estimate of drug-likeness (QED) is 0.667. The fourth-order valence-corrected chi connectivity index (χ4v) is 2.70. The first kappa shape index (κ1) is 14.3. The van der Waals surface area contributed by atoms with Crippen molar-refractivity contribution in [3.8, 4) is 0 Å². The van der Waals surface area contributed by atoms with Crippen LogP contribution in [0.2, 0.25) is 0 Å². The highest BCUT2D eigenvalue weighted by Crippen LogP contribution is 2.31. The molecule has 0 saturated heterocycles. The lowest BCUT2D eigenvalue weighted by Crippen LogP contribution is -2.27. The van der Waals surface area contributed by atoms with E-state index < -0.39 is 0 Å². The van der Waals surface area contributed by atoms with Gasteiger partial charge in [0.1, 0.15) is 5.82 Å². The van der Waals surface area contributed by atoms with Gasteiger partial charge < -0.3 is 0 Å². The molecule has 90 valence electrons. The maximum atomic E-state index is 13.7. The maximum Gasteiger partial charge on any atom is 0.127 e. The van der Waals surface area contributed by atoms with Crippen LogP contribution in [-0.2, 0) is 6.42 Å². The van der Waals surface area contributed by atoms with Crippen LogP contribution in [0.25, 0.3) is 0 Å². The molecule has 0 aromatic heterocycles. The van der Waals surface area contributed by atoms with Crippen molar-refractivity contribution in [1.29, 1.82) is 0 Å². The highest BCUT2D eigenvalue weighted by molar-refractivity contribution is 9.10. The Morgan fingerprint density at radius 3 is 2.38 bits per heavy atom. The van der Waals surface area contributed by atoms with E-state index in [4.69, 9.17) is 23.2 Å². The fraction of sp³-hybridized carbons (Fsp3) is 0.500. The van der Waals surface area contributed by atoms with Gasteiger partial charge in [-0.2, -0.15) is 0 Å². The lowest BCUT2D eigenvalue weighted by Gasteiger charge is -2.28. The van der Waals surface area contributed by atoms with Gasteiger partial charge in [0.15, 0.2) is 0 Å². The van der Waals surface area contributed by atoms with Gasteiger partial charge in [0.2, 0.25) is 0 Å². The Bertz CT molecular complexity index is 343. The molecular weight excluding hydrogens is 314 g/mol. The van der Waals surface area contributed by atoms with Crippen molar-refractivity contribution in [1.82, 2.24) is 0 Å². The maximum absolute atomic E-state index is 13.7. The Labute approximate surface area is 114 Å². The monoisotopic (exact) mass is 326 g/mol. The summed E-state index contributed by atoms with van der Waals surface area (Å²) in [6.07, 6.45) is 1.42. The zero-order chi connectivity index (χ0) is 12.2. The summed E-state index contributed by atoms with van der Waals surface area (Å²) in [4.78, 5) is 0. The molecule has 16 heavy (non-hydrogen) atoms. The molecule has 0 bridgehead atoms. The Morgan fingerprint density at radius 2 is 1.94 bits per heavy atom. The number of hydrogen-bond acceptors (Lipinski definition) is 0. The van der Waals surface area contributed by atoms with Gasteiger partial charge in [0.05, 0.1) is 0 Å². The van der Waals surface area contributed by atoms with Crippen LogP contribution < -0.4 is 0 Å². The first-order valence-corrected chi connectivity index (χ1v) is 6.99. The topological polar surface area (TPSA) is 0 Å². The Kier molecular flexibility index (Phi) is 5.55. The molecule has 0 unspecified atom stereocenters. The SMILES string of the molecule is CCC(CCl)(CCl)Cc1ccc(Br)cc1F. The molecule has 0 aliphatic rings. The molecule has 0 aliphatic heterocycles. The Hall–Kier alpha value is 0.210. The molecule has 0 saturated carbocycles. The summed E-state index contributed by atoms with van der Waals surface area (Å²) in [5, 5.41) is 0. The van der Waals surface area contributed by atoms with Crippen LogP contribution in [0.15, 0.2) is 22.7 Å². The number of halogens is 4. The van der Waals surface area contributed by atoms with Gasteiger partial charge in [-0.05, 0) is 30.5 Å². The second kappa shape index (κ2) is 6.23. The van der Waals surface area contributed by atoms with Gasteiger partial charge in [0.25, 0.3) is 0 Å². The third kappa shape index (κ3) is 3.35. The minimum atomic E-state index is -0.211. The summed E-state index contributed by atoms with van der Waals surface area (Å²) in [5.74, 6) is 0.688. The zero-order valence-electron chi connectivity index (χ0n) is 9.07. The van der Waals surface area contributed by atoms with Crippen LogP contribution in [0.5, 0.6) is 0 Å². The highest BCUT2D eigenvalue weighted by Gasteiger charge is 2.27. The molecule has 0 aliphatic carbocycles. The van der Waals surface area contributed by atoms with E-state index in [2.05, 4.69) is 15.9 Å². The van der Waals surface area contributed by atoms with Gasteiger partial charge >= 0.3 is 0 Å². The molecule has 0 atom stereocenters. The van der Waals surface area contributed by atoms with Gasteiger partial charge in [-0.25, -0.2) is 4.39 Å². The van der Waals surface area contributed by atoms with Crippen molar-refractivity contribution in [3.63, 3.8) is 0 Å². The first-order valence-electron chi connectivity index (χ1n) is 5.13. The van der Waals surface area contributed by atoms with Gasteiger partial charge in [-0.15, -0.1) is 23.2 Å². The predicted molar refractivity (Wildman–Crippen MR) is 72.0 cm³/mol. The fourth-order valence-electron chi connectivity index (χ4n) is 1.51. The molecule has 0 amide bonds. The number of hydrogen-bond donors (Lipinski definition) is 0. The molecule has 0 heterocycles. The largest absolute Gasteiger partial charge is 0.207 e. The van der Waals surface area contributed by atoms with Crippen molar-refractivity contribution in [3.05, 3.63) is 34.1 Å². The molecule has 0 spiro atoms. The summed E-state index contributed by atoms with van der Waals surface area (Å²) in [5.41, 5.74) is 0.462. The molecule has 4 heteroatoms. The standard InChI is InChI=1S/C12H14BrCl2F/c1-2-12(7-14,8-15)6-9-3-4-10(13)5-11(9)16/h3-5H,2,6-8H2,1H3. The highest BCUT2D eigenvalue weighted by atomic mass is 79.9. The molecule has 0 radical (unpaired) electrons. The number of benzene rings is 1. The van der Waals surface area contributed by atoms with E-state index in [0.29, 0.717) is 23.7 Å². The van der Waals surface area contributed by atoms with Crippen molar-refractivity contribution in [2.24, 2.45) is 5.41 Å². The third-order valence-electron chi connectivity index (χ3n) is 2.90. The smallest absolute Gasteiger partial charge is 0.127 e. The van der Waals surface area contributed by atoms with E-state index >= 15 is 0 Å². The molecule has 0 nitrogen and oxygen atoms in total. The van der Waals surface area contributed by atoms with Gasteiger partial charge in [0, 0.05) is 21.6 Å². The van der Waals surface area contributed by atoms with E-state index in [1.807, 2.05) is 13.0 Å². The first-order chi connectivity index (χ1) is 7.56. The minimum absolute atomic E-state index is 0.206. The van der Waals surface area contributed by atoms with Crippen molar-refractivity contribution in [2.75, 3.05) is 11.8 Å². The van der Waals surface area contributed by atoms with E-state index in [0.717, 1.165) is 10.9 Å². The van der Waals surface area contributed by atoms with Crippen molar-refractivity contribution in [2.45, 2.75) is 19.8 Å². The van der Waals surface area contributed by atoms with Crippen LogP contribution in [0, 0.1) is 11.2 Å². The second-order valence-corrected chi connectivity index (χ2v) is 5.48. The summed E-state index contributed by atoms with van der Waals surface area (Å²) in [6.45, 7) is 2.03. The average Bonchev–Trinajstić information content (AvgIpc) is 2.29. The number of alkyl halides is 2. The molecule has 1 aromatic carbocycles. The summed E-state index contributed by atoms with van der Waals surface area (Å²) in [7, 11) is 0. The lowest BCUT2D eigenvalue weighted by atomic mass is 9.83. The van der Waals surface area contributed by atoms with Gasteiger partial charge in [-0.1, -0.05) is 28.9 Å². The van der Waals surface area contributed by atoms with Crippen LogP contribution in [0.1, 0.15) is 18.9 Å². The van der Waals surface area contributed by atoms with Gasteiger partial charge in [-0.3, -0.25) is 0 Å². The van der Waals surface area contributed by atoms with E-state index in [1.54, 1.807) is 6.07 Å². The van der Waals surface area contributed by atoms with Crippen molar-refractivity contribution < 1.29 is 4.39 Å². The molecular formula is C12H14BrCl2F. The van der Waals surface area contributed by atoms with E-state index in [9.17, 15) is 4.39 Å². The van der Waals surface area contributed by atoms with Crippen LogP contribution in [0.4, 0.5) is 4.39 Å².